The van der Waals surface area contributed by atoms with Gasteiger partial charge in [-0.3, -0.25) is 9.59 Å². The zero-order valence-corrected chi connectivity index (χ0v) is 17.5. The minimum atomic E-state index is -0.160. The van der Waals surface area contributed by atoms with E-state index in [0.29, 0.717) is 11.4 Å². The summed E-state index contributed by atoms with van der Waals surface area (Å²) in [7, 11) is 0. The minimum Gasteiger partial charge on any atom is -0.372 e. The second-order valence-corrected chi connectivity index (χ2v) is 7.97. The van der Waals surface area contributed by atoms with Gasteiger partial charge in [0.15, 0.2) is 0 Å². The van der Waals surface area contributed by atoms with Gasteiger partial charge < -0.3 is 20.3 Å². The Kier molecular flexibility index (Phi) is 7.05. The van der Waals surface area contributed by atoms with Gasteiger partial charge in [0.25, 0.3) is 0 Å². The monoisotopic (exact) mass is 415 g/mol. The molecule has 0 radical (unpaired) electrons. The van der Waals surface area contributed by atoms with Crippen molar-refractivity contribution >= 4 is 40.8 Å². The van der Waals surface area contributed by atoms with Gasteiger partial charge in [0.05, 0.1) is 18.0 Å². The van der Waals surface area contributed by atoms with E-state index in [2.05, 4.69) is 25.5 Å². The van der Waals surface area contributed by atoms with Gasteiger partial charge >= 0.3 is 0 Å². The summed E-state index contributed by atoms with van der Waals surface area (Å²) in [4.78, 5) is 34.3. The number of aromatic nitrogens is 2. The number of carbonyl (C=O) groups is 2. The normalized spacial score (nSPS) is 18.9. The lowest BCUT2D eigenvalue weighted by atomic mass is 10.2. The lowest BCUT2D eigenvalue weighted by Gasteiger charge is -2.36. The molecule has 2 atom stereocenters. The van der Waals surface area contributed by atoms with Crippen LogP contribution in [0.25, 0.3) is 0 Å². The summed E-state index contributed by atoms with van der Waals surface area (Å²) in [6.45, 7) is 7.08. The topological polar surface area (TPSA) is 96.5 Å². The molecule has 0 aliphatic carbocycles. The van der Waals surface area contributed by atoms with E-state index >= 15 is 0 Å². The maximum absolute atomic E-state index is 12.3. The number of thioether (sulfide) groups is 1. The van der Waals surface area contributed by atoms with Crippen molar-refractivity contribution in [3.05, 3.63) is 36.7 Å². The Morgan fingerprint density at radius 3 is 2.52 bits per heavy atom. The van der Waals surface area contributed by atoms with Crippen molar-refractivity contribution in [2.24, 2.45) is 0 Å². The molecule has 2 unspecified atom stereocenters. The van der Waals surface area contributed by atoms with E-state index in [1.807, 2.05) is 19.9 Å². The summed E-state index contributed by atoms with van der Waals surface area (Å²) in [5, 5.41) is 6.27. The van der Waals surface area contributed by atoms with Crippen LogP contribution < -0.4 is 15.5 Å². The van der Waals surface area contributed by atoms with Crippen LogP contribution in [-0.2, 0) is 14.3 Å². The van der Waals surface area contributed by atoms with E-state index in [1.54, 1.807) is 24.3 Å². The molecule has 1 aromatic carbocycles. The number of nitrogens with one attached hydrogen (secondary N) is 2. The molecule has 1 aliphatic heterocycles. The molecule has 2 N–H and O–H groups in total. The van der Waals surface area contributed by atoms with Crippen LogP contribution in [0.3, 0.4) is 0 Å². The number of ether oxygens (including phenoxy) is 1. The molecule has 2 amide bonds. The lowest BCUT2D eigenvalue weighted by Crippen LogP contribution is -2.45. The van der Waals surface area contributed by atoms with Crippen LogP contribution in [-0.4, -0.2) is 52.8 Å². The average Bonchev–Trinajstić information content (AvgIpc) is 2.66. The molecule has 1 aliphatic rings. The first-order valence-electron chi connectivity index (χ1n) is 9.42. The molecule has 154 valence electrons. The number of rotatable bonds is 6. The van der Waals surface area contributed by atoms with Gasteiger partial charge in [-0.2, -0.15) is 0 Å². The lowest BCUT2D eigenvalue weighted by molar-refractivity contribution is -0.114. The molecule has 0 saturated carbocycles. The van der Waals surface area contributed by atoms with Gasteiger partial charge in [-0.1, -0.05) is 17.8 Å². The Morgan fingerprint density at radius 1 is 1.14 bits per heavy atom. The fraction of sp³-hybridized carbons (Fsp3) is 0.400. The summed E-state index contributed by atoms with van der Waals surface area (Å²) in [6, 6.07) is 8.93. The summed E-state index contributed by atoms with van der Waals surface area (Å²) >= 11 is 1.35. The number of anilines is 3. The van der Waals surface area contributed by atoms with Gasteiger partial charge in [0.2, 0.25) is 11.8 Å². The molecule has 1 aromatic heterocycles. The Labute approximate surface area is 174 Å². The molecule has 1 fully saturated rings. The summed E-state index contributed by atoms with van der Waals surface area (Å²) < 4.78 is 5.77. The van der Waals surface area contributed by atoms with E-state index in [1.165, 1.54) is 25.0 Å². The van der Waals surface area contributed by atoms with Crippen LogP contribution in [0.4, 0.5) is 17.2 Å². The number of morpholine rings is 1. The van der Waals surface area contributed by atoms with E-state index in [0.717, 1.165) is 23.9 Å². The van der Waals surface area contributed by atoms with Crippen molar-refractivity contribution in [1.29, 1.82) is 0 Å². The smallest absolute Gasteiger partial charge is 0.234 e. The highest BCUT2D eigenvalue weighted by Crippen LogP contribution is 2.23. The van der Waals surface area contributed by atoms with E-state index in [9.17, 15) is 9.59 Å². The maximum Gasteiger partial charge on any atom is 0.234 e. The van der Waals surface area contributed by atoms with Crippen molar-refractivity contribution in [3.63, 3.8) is 0 Å². The Morgan fingerprint density at radius 2 is 1.83 bits per heavy atom. The fourth-order valence-corrected chi connectivity index (χ4v) is 3.82. The first-order valence-corrected chi connectivity index (χ1v) is 10.4. The van der Waals surface area contributed by atoms with Crippen LogP contribution in [0.1, 0.15) is 20.8 Å². The van der Waals surface area contributed by atoms with Crippen LogP contribution in [0, 0.1) is 0 Å². The van der Waals surface area contributed by atoms with Crippen LogP contribution >= 0.6 is 11.8 Å². The molecular weight excluding hydrogens is 390 g/mol. The Balaban J connectivity index is 1.56. The zero-order valence-electron chi connectivity index (χ0n) is 16.7. The van der Waals surface area contributed by atoms with E-state index in [4.69, 9.17) is 4.74 Å². The molecule has 8 nitrogen and oxygen atoms in total. The van der Waals surface area contributed by atoms with Crippen LogP contribution in [0.15, 0.2) is 41.7 Å². The van der Waals surface area contributed by atoms with Crippen molar-refractivity contribution in [1.82, 2.24) is 9.97 Å². The first kappa shape index (κ1) is 21.1. The number of carbonyl (C=O) groups excluding carboxylic acids is 2. The standard InChI is InChI=1S/C20H25N5O3S/c1-13-9-25(10-14(2)28-13)18-8-20(22-12-21-18)29-11-19(27)24-17-6-4-5-16(7-17)23-15(3)26/h4-8,12-14H,9-11H2,1-3H3,(H,23,26)(H,24,27). The molecule has 3 rings (SSSR count). The number of nitrogens with zero attached hydrogens (tertiary/aromatic N) is 3. The average molecular weight is 416 g/mol. The SMILES string of the molecule is CC(=O)Nc1cccc(NC(=O)CSc2cc(N3CC(C)OC(C)C3)ncn2)c1. The van der Waals surface area contributed by atoms with Gasteiger partial charge in [0, 0.05) is 37.5 Å². The molecule has 0 spiro atoms. The third-order valence-corrected chi connectivity index (χ3v) is 5.11. The Hall–Kier alpha value is -2.65. The molecule has 0 bridgehead atoms. The molecule has 9 heteroatoms. The summed E-state index contributed by atoms with van der Waals surface area (Å²) in [6.07, 6.45) is 1.81. The number of hydrogen-bond acceptors (Lipinski definition) is 7. The quantitative estimate of drug-likeness (QED) is 0.553. The van der Waals surface area contributed by atoms with Crippen LogP contribution in [0.2, 0.25) is 0 Å². The number of hydrogen-bond donors (Lipinski definition) is 2. The third kappa shape index (κ3) is 6.43. The maximum atomic E-state index is 12.3. The first-order chi connectivity index (χ1) is 13.9. The Bertz CT molecular complexity index is 869. The number of amides is 2. The molecule has 2 heterocycles. The minimum absolute atomic E-state index is 0.142. The highest BCUT2D eigenvalue weighted by Gasteiger charge is 2.23. The van der Waals surface area contributed by atoms with E-state index < -0.39 is 0 Å². The molecule has 1 saturated heterocycles. The fourth-order valence-electron chi connectivity index (χ4n) is 3.16. The van der Waals surface area contributed by atoms with Crippen molar-refractivity contribution in [2.45, 2.75) is 38.0 Å². The predicted octanol–water partition coefficient (Wildman–Crippen LogP) is 2.78. The highest BCUT2D eigenvalue weighted by atomic mass is 32.2. The van der Waals surface area contributed by atoms with Crippen molar-refractivity contribution < 1.29 is 14.3 Å². The second-order valence-electron chi connectivity index (χ2n) is 6.98. The number of benzene rings is 1. The van der Waals surface area contributed by atoms with Gasteiger partial charge in [0.1, 0.15) is 17.2 Å². The predicted molar refractivity (Wildman–Crippen MR) is 114 cm³/mol. The van der Waals surface area contributed by atoms with Gasteiger partial charge in [-0.05, 0) is 32.0 Å². The molecule has 2 aromatic rings. The summed E-state index contributed by atoms with van der Waals surface area (Å²) in [5.74, 6) is 0.751. The van der Waals surface area contributed by atoms with Crippen LogP contribution in [0.5, 0.6) is 0 Å². The third-order valence-electron chi connectivity index (χ3n) is 4.19. The molecule has 29 heavy (non-hydrogen) atoms. The zero-order chi connectivity index (χ0) is 20.8. The largest absolute Gasteiger partial charge is 0.372 e. The van der Waals surface area contributed by atoms with Crippen molar-refractivity contribution in [3.8, 4) is 0 Å². The van der Waals surface area contributed by atoms with E-state index in [-0.39, 0.29) is 29.8 Å². The summed E-state index contributed by atoms with van der Waals surface area (Å²) in [5.41, 5.74) is 1.26. The second kappa shape index (κ2) is 9.71. The van der Waals surface area contributed by atoms with Crippen molar-refractivity contribution in [2.75, 3.05) is 34.4 Å². The molecular formula is C20H25N5O3S. The van der Waals surface area contributed by atoms with Gasteiger partial charge in [-0.15, -0.1) is 0 Å². The highest BCUT2D eigenvalue weighted by molar-refractivity contribution is 7.99. The van der Waals surface area contributed by atoms with Gasteiger partial charge in [-0.25, -0.2) is 9.97 Å².